The fourth-order valence-corrected chi connectivity index (χ4v) is 4.71. The summed E-state index contributed by atoms with van der Waals surface area (Å²) < 4.78 is 0. The molecule has 0 aliphatic heterocycles. The van der Waals surface area contributed by atoms with Crippen LogP contribution in [0.5, 0.6) is 0 Å². The molecule has 0 bridgehead atoms. The second kappa shape index (κ2) is 28.0. The molecule has 271 valence electrons. The van der Waals surface area contributed by atoms with E-state index >= 15 is 0 Å². The summed E-state index contributed by atoms with van der Waals surface area (Å²) in [5.41, 5.74) is 7.90. The van der Waals surface area contributed by atoms with Crippen LogP contribution in [0.25, 0.3) is 22.8 Å². The van der Waals surface area contributed by atoms with Crippen molar-refractivity contribution >= 4 is 24.2 Å². The van der Waals surface area contributed by atoms with Crippen LogP contribution in [0.4, 0.5) is 0 Å². The van der Waals surface area contributed by atoms with Gasteiger partial charge in [0.1, 0.15) is 0 Å². The van der Waals surface area contributed by atoms with Crippen molar-refractivity contribution < 1.29 is 24.3 Å². The number of carbonyl (C=O) groups is 1. The molecular formula is C42H50N7ORuS+2. The third-order valence-electron chi connectivity index (χ3n) is 7.12. The van der Waals surface area contributed by atoms with Gasteiger partial charge in [0.25, 0.3) is 0 Å². The first-order chi connectivity index (χ1) is 24.5. The van der Waals surface area contributed by atoms with Gasteiger partial charge in [-0.2, -0.15) is 12.6 Å². The van der Waals surface area contributed by atoms with E-state index in [9.17, 15) is 4.79 Å². The van der Waals surface area contributed by atoms with E-state index in [0.29, 0.717) is 18.7 Å². The fourth-order valence-electron chi connectivity index (χ4n) is 4.60. The molecule has 0 spiro atoms. The van der Waals surface area contributed by atoms with E-state index in [2.05, 4.69) is 73.0 Å². The van der Waals surface area contributed by atoms with E-state index in [4.69, 9.17) is 0 Å². The van der Waals surface area contributed by atoms with Crippen molar-refractivity contribution in [2.24, 2.45) is 4.99 Å². The first-order valence-electron chi connectivity index (χ1n) is 16.8. The number of hydrogen-bond acceptors (Lipinski definition) is 8. The number of aryl methyl sites for hydroxylation is 2. The van der Waals surface area contributed by atoms with Gasteiger partial charge in [0, 0.05) is 56.8 Å². The number of nitrogens with zero attached hydrogens (tertiary/aromatic N) is 6. The van der Waals surface area contributed by atoms with Crippen LogP contribution in [0.1, 0.15) is 49.4 Å². The zero-order valence-electron chi connectivity index (χ0n) is 30.5. The van der Waals surface area contributed by atoms with Crippen molar-refractivity contribution in [1.82, 2.24) is 30.2 Å². The minimum absolute atomic E-state index is 0. The molecule has 5 rings (SSSR count). The van der Waals surface area contributed by atoms with E-state index in [1.165, 1.54) is 11.1 Å². The average Bonchev–Trinajstić information content (AvgIpc) is 3.17. The summed E-state index contributed by atoms with van der Waals surface area (Å²) >= 11 is 4.08. The van der Waals surface area contributed by atoms with Gasteiger partial charge in [-0.15, -0.1) is 0 Å². The number of nitrogens with one attached hydrogen (secondary N) is 1. The van der Waals surface area contributed by atoms with Crippen LogP contribution >= 0.6 is 12.6 Å². The van der Waals surface area contributed by atoms with Gasteiger partial charge in [0.15, 0.2) is 0 Å². The molecule has 1 N–H and O–H groups in total. The van der Waals surface area contributed by atoms with Gasteiger partial charge in [-0.1, -0.05) is 42.8 Å². The first kappa shape index (κ1) is 45.4. The number of thiol groups is 1. The Bertz CT molecular complexity index is 1730. The topological polar surface area (TPSA) is 106 Å². The van der Waals surface area contributed by atoms with Crippen LogP contribution in [0.2, 0.25) is 0 Å². The van der Waals surface area contributed by atoms with Gasteiger partial charge in [0.2, 0.25) is 5.91 Å². The second-order valence-corrected chi connectivity index (χ2v) is 11.5. The SMILES string of the molecule is C/C=C\C=C/C(=NC)c1ccccn1.Cc1ccnc(-c2cc(CCCCCC(=O)NCCS)ccn2)c1.[CH3-].[Ru+3].c1ccc(-c2ccccn2)nc1. The smallest absolute Gasteiger partial charge is 0.358 e. The molecule has 0 fully saturated rings. The average molecular weight is 802 g/mol. The van der Waals surface area contributed by atoms with E-state index in [1.54, 1.807) is 25.6 Å². The third kappa shape index (κ3) is 18.0. The maximum absolute atomic E-state index is 11.5. The molecule has 8 nitrogen and oxygen atoms in total. The van der Waals surface area contributed by atoms with E-state index in [1.807, 2.05) is 104 Å². The van der Waals surface area contributed by atoms with Crippen molar-refractivity contribution in [3.8, 4) is 22.8 Å². The predicted molar refractivity (Wildman–Crippen MR) is 216 cm³/mol. The number of carbonyl (C=O) groups excluding carboxylic acids is 1. The molecule has 1 radical (unpaired) electrons. The summed E-state index contributed by atoms with van der Waals surface area (Å²) in [4.78, 5) is 37.1. The molecule has 0 saturated heterocycles. The van der Waals surface area contributed by atoms with Crippen molar-refractivity contribution in [1.29, 1.82) is 0 Å². The van der Waals surface area contributed by atoms with Gasteiger partial charge in [0.05, 0.1) is 34.2 Å². The number of hydrogen-bond donors (Lipinski definition) is 2. The molecule has 0 aromatic carbocycles. The van der Waals surface area contributed by atoms with Gasteiger partial charge in [-0.3, -0.25) is 34.7 Å². The summed E-state index contributed by atoms with van der Waals surface area (Å²) in [6.07, 6.45) is 21.5. The Hall–Kier alpha value is -4.66. The molecule has 0 aliphatic rings. The molecule has 5 heterocycles. The summed E-state index contributed by atoms with van der Waals surface area (Å²) in [5.74, 6) is 0.812. The number of aromatic nitrogens is 5. The van der Waals surface area contributed by atoms with Gasteiger partial charge < -0.3 is 12.7 Å². The molecule has 0 atom stereocenters. The largest absolute Gasteiger partial charge is 3.00 e. The summed E-state index contributed by atoms with van der Waals surface area (Å²) in [5, 5.41) is 2.84. The van der Waals surface area contributed by atoms with Gasteiger partial charge >= 0.3 is 19.5 Å². The number of unbranched alkanes of at least 4 members (excludes halogenated alkanes) is 2. The molecule has 52 heavy (non-hydrogen) atoms. The zero-order chi connectivity index (χ0) is 35.7. The third-order valence-corrected chi connectivity index (χ3v) is 7.35. The molecular weight excluding hydrogens is 752 g/mol. The normalized spacial score (nSPS) is 10.6. The zero-order valence-corrected chi connectivity index (χ0v) is 33.2. The number of aliphatic imine (C=N–C) groups is 1. The van der Waals surface area contributed by atoms with Crippen LogP contribution in [0, 0.1) is 14.4 Å². The van der Waals surface area contributed by atoms with Crippen molar-refractivity contribution in [3.05, 3.63) is 158 Å². The summed E-state index contributed by atoms with van der Waals surface area (Å²) in [6.45, 7) is 4.68. The molecule has 0 saturated carbocycles. The van der Waals surface area contributed by atoms with E-state index < -0.39 is 0 Å². The van der Waals surface area contributed by atoms with Crippen molar-refractivity contribution in [2.75, 3.05) is 19.3 Å². The van der Waals surface area contributed by atoms with Crippen LogP contribution in [-0.4, -0.2) is 55.9 Å². The standard InChI is InChI=1S/C19H25N3OS.C12H14N2.C10H8N2.CH3.Ru/c1-15-7-9-20-17(13-15)18-14-16(8-10-21-18)5-3-2-4-6-19(23)22-11-12-24;1-3-4-5-8-11(13-2)12-9-6-7-10-14-12;1-3-7-11-9(5-1)10-6-2-4-8-12-10;;/h7-10,13-14,24H,2-6,11-12H2,1H3,(H,22,23);3-10H,1-2H3;1-8H;1H3;/q;;;-1;+3/b;4-3-,8-5-,13-11?;;;. The first-order valence-corrected chi connectivity index (χ1v) is 17.4. The molecule has 0 unspecified atom stereocenters. The monoisotopic (exact) mass is 802 g/mol. The van der Waals surface area contributed by atoms with Crippen molar-refractivity contribution in [2.45, 2.75) is 46.0 Å². The number of rotatable bonds is 13. The van der Waals surface area contributed by atoms with Crippen LogP contribution in [0.15, 0.2) is 139 Å². The molecule has 5 aromatic heterocycles. The number of amides is 1. The molecule has 10 heteroatoms. The quantitative estimate of drug-likeness (QED) is 0.0308. The van der Waals surface area contributed by atoms with Crippen LogP contribution in [0.3, 0.4) is 0 Å². The Balaban J connectivity index is 0.000000412. The Morgan fingerprint density at radius 1 is 0.750 bits per heavy atom. The maximum Gasteiger partial charge on any atom is 3.00 e. The summed E-state index contributed by atoms with van der Waals surface area (Å²) in [6, 6.07) is 25.6. The second-order valence-electron chi connectivity index (χ2n) is 11.0. The fraction of sp³-hybridized carbons (Fsp3) is 0.238. The van der Waals surface area contributed by atoms with Gasteiger partial charge in [-0.05, 0) is 111 Å². The van der Waals surface area contributed by atoms with E-state index in [-0.39, 0.29) is 32.8 Å². The number of pyridine rings is 5. The maximum atomic E-state index is 11.5. The molecule has 1 amide bonds. The van der Waals surface area contributed by atoms with Crippen LogP contribution < -0.4 is 5.32 Å². The van der Waals surface area contributed by atoms with Crippen LogP contribution in [-0.2, 0) is 30.7 Å². The van der Waals surface area contributed by atoms with E-state index in [0.717, 1.165) is 59.9 Å². The Morgan fingerprint density at radius 2 is 1.37 bits per heavy atom. The summed E-state index contributed by atoms with van der Waals surface area (Å²) in [7, 11) is 1.77. The minimum atomic E-state index is 0. The van der Waals surface area contributed by atoms with Gasteiger partial charge in [-0.25, -0.2) is 0 Å². The Kier molecular flexibility index (Phi) is 24.4. The van der Waals surface area contributed by atoms with Crippen molar-refractivity contribution in [3.63, 3.8) is 0 Å². The Labute approximate surface area is 328 Å². The predicted octanol–water partition coefficient (Wildman–Crippen LogP) is 8.83. The number of allylic oxidation sites excluding steroid dienone is 4. The minimum Gasteiger partial charge on any atom is -0.358 e. The Morgan fingerprint density at radius 3 is 1.92 bits per heavy atom. The molecule has 5 aromatic rings. The molecule has 0 aliphatic carbocycles.